The van der Waals surface area contributed by atoms with Crippen molar-refractivity contribution in [2.75, 3.05) is 6.54 Å². The minimum Gasteiger partial charge on any atom is -0.457 e. The van der Waals surface area contributed by atoms with E-state index < -0.39 is 0 Å². The van der Waals surface area contributed by atoms with E-state index in [0.717, 1.165) is 41.2 Å². The zero-order valence-electron chi connectivity index (χ0n) is 25.8. The molecule has 1 N–H and O–H groups in total. The van der Waals surface area contributed by atoms with E-state index in [1.807, 2.05) is 72.8 Å². The largest absolute Gasteiger partial charge is 0.457 e. The molecule has 0 saturated carbocycles. The first-order valence-corrected chi connectivity index (χ1v) is 16.1. The number of carbonyl (C=O) groups excluding carboxylic acids is 1. The molecule has 225 valence electrons. The number of hydrogen-bond donors (Lipinski definition) is 1. The lowest BCUT2D eigenvalue weighted by Gasteiger charge is -2.09. The van der Waals surface area contributed by atoms with E-state index in [9.17, 15) is 4.79 Å². The molecule has 4 heteroatoms. The van der Waals surface area contributed by atoms with Gasteiger partial charge in [-0.1, -0.05) is 131 Å². The third kappa shape index (κ3) is 11.7. The average Bonchev–Trinajstić information content (AvgIpc) is 3.05. The molecule has 4 nitrogen and oxygen atoms in total. The first-order chi connectivity index (χ1) is 21.2. The highest BCUT2D eigenvalue weighted by atomic mass is 16.5. The highest BCUT2D eigenvalue weighted by Gasteiger charge is 2.06. The van der Waals surface area contributed by atoms with Crippen molar-refractivity contribution in [3.05, 3.63) is 120 Å². The number of nitrogens with one attached hydrogen (secondary N) is 1. The number of nitrogens with zero attached hydrogens (tertiary/aromatic N) is 1. The summed E-state index contributed by atoms with van der Waals surface area (Å²) in [5.41, 5.74) is 5.24. The van der Waals surface area contributed by atoms with E-state index in [4.69, 9.17) is 10.1 Å². The van der Waals surface area contributed by atoms with Crippen molar-refractivity contribution in [2.45, 2.75) is 84.2 Å². The van der Waals surface area contributed by atoms with Gasteiger partial charge >= 0.3 is 0 Å². The second-order valence-electron chi connectivity index (χ2n) is 11.3. The summed E-state index contributed by atoms with van der Waals surface area (Å²) in [5.74, 6) is 1.66. The third-order valence-corrected chi connectivity index (χ3v) is 7.72. The third-order valence-electron chi connectivity index (χ3n) is 7.72. The zero-order chi connectivity index (χ0) is 30.0. The van der Waals surface area contributed by atoms with Gasteiger partial charge in [-0.15, -0.1) is 0 Å². The van der Waals surface area contributed by atoms with Gasteiger partial charge in [0.2, 0.25) is 0 Å². The summed E-state index contributed by atoms with van der Waals surface area (Å²) >= 11 is 0. The van der Waals surface area contributed by atoms with Crippen molar-refractivity contribution in [3.8, 4) is 22.6 Å². The summed E-state index contributed by atoms with van der Waals surface area (Å²) in [5, 5.41) is 7.83. The molecular formula is C39H47N2O2. The highest BCUT2D eigenvalue weighted by molar-refractivity contribution is 5.94. The number of amides is 1. The van der Waals surface area contributed by atoms with E-state index in [1.165, 1.54) is 63.4 Å². The predicted molar refractivity (Wildman–Crippen MR) is 179 cm³/mol. The Morgan fingerprint density at radius 1 is 0.605 bits per heavy atom. The Bertz CT molecular complexity index is 1330. The molecule has 0 unspecified atom stereocenters. The summed E-state index contributed by atoms with van der Waals surface area (Å²) < 4.78 is 5.94. The monoisotopic (exact) mass is 575 g/mol. The summed E-state index contributed by atoms with van der Waals surface area (Å²) in [6.45, 7) is 4.30. The van der Waals surface area contributed by atoms with Crippen LogP contribution in [0, 0.1) is 0 Å². The molecular weight excluding hydrogens is 528 g/mol. The quantitative estimate of drug-likeness (QED) is 0.113. The number of ether oxygens (including phenoxy) is 1. The maximum absolute atomic E-state index is 12.6. The molecule has 4 aromatic rings. The van der Waals surface area contributed by atoms with E-state index in [-0.39, 0.29) is 5.91 Å². The van der Waals surface area contributed by atoms with Crippen molar-refractivity contribution >= 4 is 5.91 Å². The Labute approximate surface area is 258 Å². The number of unbranched alkanes of at least 4 members (excludes halogenated alkanes) is 9. The van der Waals surface area contributed by atoms with Gasteiger partial charge < -0.3 is 10.1 Å². The molecule has 0 aliphatic heterocycles. The van der Waals surface area contributed by atoms with Crippen LogP contribution in [-0.4, -0.2) is 12.5 Å². The lowest BCUT2D eigenvalue weighted by molar-refractivity contribution is 0.0953. The molecule has 0 aliphatic rings. The molecule has 0 spiro atoms. The fraction of sp³-hybridized carbons (Fsp3) is 0.359. The van der Waals surface area contributed by atoms with Crippen LogP contribution < -0.4 is 15.4 Å². The Balaban J connectivity index is 1.13. The van der Waals surface area contributed by atoms with Crippen molar-refractivity contribution in [1.82, 2.24) is 10.6 Å². The zero-order valence-corrected chi connectivity index (χ0v) is 25.8. The van der Waals surface area contributed by atoms with Crippen LogP contribution in [0.5, 0.6) is 11.5 Å². The average molecular weight is 576 g/mol. The Morgan fingerprint density at radius 3 is 1.86 bits per heavy atom. The normalized spacial score (nSPS) is 10.9. The van der Waals surface area contributed by atoms with Crippen LogP contribution in [0.2, 0.25) is 0 Å². The van der Waals surface area contributed by atoms with Gasteiger partial charge in [-0.25, -0.2) is 5.32 Å². The van der Waals surface area contributed by atoms with Crippen LogP contribution in [0.3, 0.4) is 0 Å². The van der Waals surface area contributed by atoms with Crippen LogP contribution in [0.4, 0.5) is 0 Å². The fourth-order valence-electron chi connectivity index (χ4n) is 5.18. The number of rotatable bonds is 19. The van der Waals surface area contributed by atoms with Gasteiger partial charge in [0.05, 0.1) is 0 Å². The van der Waals surface area contributed by atoms with Crippen molar-refractivity contribution in [1.29, 1.82) is 0 Å². The van der Waals surface area contributed by atoms with Crippen LogP contribution >= 0.6 is 0 Å². The second kappa shape index (κ2) is 18.6. The van der Waals surface area contributed by atoms with Gasteiger partial charge in [-0.3, -0.25) is 4.79 Å². The Hall–Kier alpha value is -3.89. The van der Waals surface area contributed by atoms with Crippen LogP contribution in [-0.2, 0) is 13.1 Å². The first kappa shape index (κ1) is 32.0. The molecule has 4 rings (SSSR count). The summed E-state index contributed by atoms with van der Waals surface area (Å²) in [6.07, 6.45) is 13.0. The molecule has 0 fully saturated rings. The van der Waals surface area contributed by atoms with E-state index in [2.05, 4.69) is 42.6 Å². The standard InChI is InChI=1S/C39H47N2O2/c1-2-3-4-5-6-7-8-9-10-14-28-41-39(42)36-26-24-35(25-27-36)34-22-20-32(21-23-34)30-40-31-33-16-15-19-38(29-33)43-37-17-12-11-13-18-37/h11-13,15-27,29H,2-10,14,28,30-31H2,1H3,(H,41,42). The fourth-order valence-corrected chi connectivity index (χ4v) is 5.18. The molecule has 0 saturated heterocycles. The molecule has 1 radical (unpaired) electrons. The van der Waals surface area contributed by atoms with Crippen LogP contribution in [0.15, 0.2) is 103 Å². The Morgan fingerprint density at radius 2 is 1.19 bits per heavy atom. The van der Waals surface area contributed by atoms with E-state index in [0.29, 0.717) is 18.7 Å². The molecule has 4 aromatic carbocycles. The minimum atomic E-state index is 0.0107. The summed E-state index contributed by atoms with van der Waals surface area (Å²) in [4.78, 5) is 12.6. The van der Waals surface area contributed by atoms with Gasteiger partial charge in [-0.05, 0) is 65.1 Å². The molecule has 43 heavy (non-hydrogen) atoms. The molecule has 0 atom stereocenters. The smallest absolute Gasteiger partial charge is 0.251 e. The number of carbonyl (C=O) groups is 1. The number of hydrogen-bond acceptors (Lipinski definition) is 2. The van der Waals surface area contributed by atoms with Crippen LogP contribution in [0.25, 0.3) is 11.1 Å². The summed E-state index contributed by atoms with van der Waals surface area (Å²) in [6, 6.07) is 34.3. The molecule has 0 aromatic heterocycles. The van der Waals surface area contributed by atoms with Crippen molar-refractivity contribution in [3.63, 3.8) is 0 Å². The lowest BCUT2D eigenvalue weighted by atomic mass is 10.0. The van der Waals surface area contributed by atoms with Crippen molar-refractivity contribution < 1.29 is 9.53 Å². The first-order valence-electron chi connectivity index (χ1n) is 16.1. The van der Waals surface area contributed by atoms with E-state index >= 15 is 0 Å². The van der Waals surface area contributed by atoms with Crippen LogP contribution in [0.1, 0.15) is 92.6 Å². The minimum absolute atomic E-state index is 0.0107. The van der Waals surface area contributed by atoms with Gasteiger partial charge in [0, 0.05) is 25.2 Å². The van der Waals surface area contributed by atoms with Gasteiger partial charge in [-0.2, -0.15) is 0 Å². The maximum Gasteiger partial charge on any atom is 0.251 e. The van der Waals surface area contributed by atoms with Gasteiger partial charge in [0.1, 0.15) is 11.5 Å². The van der Waals surface area contributed by atoms with Gasteiger partial charge in [0.25, 0.3) is 5.91 Å². The molecule has 0 bridgehead atoms. The van der Waals surface area contributed by atoms with E-state index in [1.54, 1.807) is 0 Å². The second-order valence-corrected chi connectivity index (χ2v) is 11.3. The SMILES string of the molecule is CCCCCCCCCCCCNC(=O)c1ccc(-c2ccc(C[N]Cc3cccc(Oc4ccccc4)c3)cc2)cc1. The van der Waals surface area contributed by atoms with Gasteiger partial charge in [0.15, 0.2) is 0 Å². The molecule has 1 amide bonds. The summed E-state index contributed by atoms with van der Waals surface area (Å²) in [7, 11) is 0. The van der Waals surface area contributed by atoms with Crippen molar-refractivity contribution in [2.24, 2.45) is 0 Å². The topological polar surface area (TPSA) is 52.4 Å². The predicted octanol–water partition coefficient (Wildman–Crippen LogP) is 10.1. The highest BCUT2D eigenvalue weighted by Crippen LogP contribution is 2.23. The Kier molecular flexibility index (Phi) is 13.9. The maximum atomic E-state index is 12.6. The number of benzene rings is 4. The molecule has 0 aliphatic carbocycles. The lowest BCUT2D eigenvalue weighted by Crippen LogP contribution is -2.24. The number of para-hydroxylation sites is 1. The molecule has 0 heterocycles.